The first-order valence-corrected chi connectivity index (χ1v) is 15.3. The van der Waals surface area contributed by atoms with E-state index in [2.05, 4.69) is 15.6 Å². The Morgan fingerprint density at radius 3 is 2.36 bits per heavy atom. The molecule has 13 atom stereocenters. The molecule has 0 aromatic rings. The third kappa shape index (κ3) is 8.04. The highest BCUT2D eigenvalue weighted by Gasteiger charge is 2.52. The van der Waals surface area contributed by atoms with E-state index in [0.717, 1.165) is 0 Å². The Labute approximate surface area is 257 Å². The second-order valence-electron chi connectivity index (χ2n) is 13.0. The normalized spacial score (nSPS) is 47.7. The molecule has 2 saturated carbocycles. The maximum atomic E-state index is 11.7. The Morgan fingerprint density at radius 2 is 1.73 bits per heavy atom. The summed E-state index contributed by atoms with van der Waals surface area (Å²) >= 11 is 0. The van der Waals surface area contributed by atoms with Gasteiger partial charge in [0, 0.05) is 25.2 Å². The number of rotatable bonds is 12. The Balaban J connectivity index is 1.51. The van der Waals surface area contributed by atoms with Crippen LogP contribution >= 0.6 is 0 Å². The summed E-state index contributed by atoms with van der Waals surface area (Å²) in [5.74, 6) is -0.0583. The smallest absolute Gasteiger partial charge is 0.185 e. The second kappa shape index (κ2) is 14.7. The molecular formula is C27H53N7O10. The van der Waals surface area contributed by atoms with Crippen molar-refractivity contribution in [3.63, 3.8) is 0 Å². The van der Waals surface area contributed by atoms with Crippen molar-refractivity contribution in [3.8, 4) is 0 Å². The van der Waals surface area contributed by atoms with Gasteiger partial charge in [0.15, 0.2) is 12.6 Å². The molecule has 0 aromatic carbocycles. The first kappa shape index (κ1) is 35.7. The molecule has 4 rings (SSSR count). The molecule has 2 aliphatic heterocycles. The molecule has 7 unspecified atom stereocenters. The largest absolute Gasteiger partial charge is 0.394 e. The molecule has 0 bridgehead atoms. The molecule has 2 saturated heterocycles. The second-order valence-corrected chi connectivity index (χ2v) is 13.0. The van der Waals surface area contributed by atoms with Crippen molar-refractivity contribution in [3.05, 3.63) is 0 Å². The summed E-state index contributed by atoms with van der Waals surface area (Å²) in [5, 5.41) is 68.8. The number of nitrogens with zero attached hydrogens (tertiary/aromatic N) is 1. The number of nitrogens with two attached hydrogens (primary N) is 4. The number of hydrogen-bond donors (Lipinski definition) is 12. The lowest BCUT2D eigenvalue weighted by Gasteiger charge is -2.48. The van der Waals surface area contributed by atoms with E-state index in [-0.39, 0.29) is 57.0 Å². The van der Waals surface area contributed by atoms with Gasteiger partial charge in [-0.3, -0.25) is 4.99 Å². The van der Waals surface area contributed by atoms with Gasteiger partial charge in [0.1, 0.15) is 41.5 Å². The van der Waals surface area contributed by atoms with E-state index < -0.39 is 78.5 Å². The van der Waals surface area contributed by atoms with E-state index in [9.17, 15) is 25.5 Å². The van der Waals surface area contributed by atoms with E-state index in [1.54, 1.807) is 7.05 Å². The maximum absolute atomic E-state index is 11.7. The summed E-state index contributed by atoms with van der Waals surface area (Å²) in [7, 11) is 1.59. The fourth-order valence-corrected chi connectivity index (χ4v) is 6.52. The highest BCUT2D eigenvalue weighted by Crippen LogP contribution is 2.35. The highest BCUT2D eigenvalue weighted by molar-refractivity contribution is 5.90. The van der Waals surface area contributed by atoms with E-state index in [4.69, 9.17) is 47.0 Å². The summed E-state index contributed by atoms with van der Waals surface area (Å²) in [6.07, 6.45) is -6.54. The van der Waals surface area contributed by atoms with Crippen LogP contribution in [0.3, 0.4) is 0 Å². The minimum atomic E-state index is -1.42. The Bertz CT molecular complexity index is 960. The molecule has 17 nitrogen and oxygen atoms in total. The first-order valence-electron chi connectivity index (χ1n) is 15.3. The number of aliphatic imine (C=N–C) groups is 1. The minimum Gasteiger partial charge on any atom is -0.394 e. The zero-order valence-corrected chi connectivity index (χ0v) is 25.4. The SMILES string of the molecule is CN[C@@H]1C(O)[C@@H](OC2C(O)C(O[C@H]3O[C@H](CNCC(O)CO)CCC3N)[C@@H](N)C[C@H]2N=C(N)C2(O)CC(N)C2)OCC1(C)O. The van der Waals surface area contributed by atoms with E-state index in [1.807, 2.05) is 0 Å². The fourth-order valence-electron chi connectivity index (χ4n) is 6.52. The van der Waals surface area contributed by atoms with Crippen LogP contribution in [0.4, 0.5) is 0 Å². The third-order valence-electron chi connectivity index (χ3n) is 9.15. The van der Waals surface area contributed by atoms with Gasteiger partial charge in [-0.2, -0.15) is 0 Å². The third-order valence-corrected chi connectivity index (χ3v) is 9.15. The average Bonchev–Trinajstić information content (AvgIpc) is 2.94. The van der Waals surface area contributed by atoms with Crippen LogP contribution in [0.2, 0.25) is 0 Å². The van der Waals surface area contributed by atoms with Crippen LogP contribution in [0.15, 0.2) is 4.99 Å². The van der Waals surface area contributed by atoms with Crippen molar-refractivity contribution in [1.82, 2.24) is 10.6 Å². The molecule has 2 heterocycles. The number of amidine groups is 1. The van der Waals surface area contributed by atoms with E-state index in [0.29, 0.717) is 19.4 Å². The lowest BCUT2D eigenvalue weighted by molar-refractivity contribution is -0.306. The summed E-state index contributed by atoms with van der Waals surface area (Å²) < 4.78 is 24.2. The van der Waals surface area contributed by atoms with Crippen LogP contribution in [-0.2, 0) is 18.9 Å². The number of aliphatic hydroxyl groups is 6. The van der Waals surface area contributed by atoms with Gasteiger partial charge in [0.2, 0.25) is 0 Å². The number of nitrogens with one attached hydrogen (secondary N) is 2. The monoisotopic (exact) mass is 635 g/mol. The van der Waals surface area contributed by atoms with Crippen molar-refractivity contribution in [2.45, 2.75) is 130 Å². The van der Waals surface area contributed by atoms with Crippen LogP contribution in [0, 0.1) is 0 Å². The zero-order valence-electron chi connectivity index (χ0n) is 25.4. The topological polar surface area (TPSA) is 299 Å². The molecule has 256 valence electrons. The lowest BCUT2D eigenvalue weighted by atomic mass is 9.75. The molecule has 4 fully saturated rings. The number of ether oxygens (including phenoxy) is 4. The lowest BCUT2D eigenvalue weighted by Crippen LogP contribution is -2.68. The summed E-state index contributed by atoms with van der Waals surface area (Å²) in [6.45, 7) is 1.56. The van der Waals surface area contributed by atoms with Gasteiger partial charge >= 0.3 is 0 Å². The molecule has 2 aliphatic carbocycles. The summed E-state index contributed by atoms with van der Waals surface area (Å²) in [4.78, 5) is 4.53. The molecule has 17 heteroatoms. The van der Waals surface area contributed by atoms with Gasteiger partial charge in [-0.1, -0.05) is 0 Å². The van der Waals surface area contributed by atoms with Gasteiger partial charge in [0.25, 0.3) is 0 Å². The van der Waals surface area contributed by atoms with Crippen LogP contribution in [0.5, 0.6) is 0 Å². The number of aliphatic hydroxyl groups excluding tert-OH is 4. The summed E-state index contributed by atoms with van der Waals surface area (Å²) in [5.41, 5.74) is 22.2. The van der Waals surface area contributed by atoms with Crippen molar-refractivity contribution in [2.24, 2.45) is 27.9 Å². The molecular weight excluding hydrogens is 582 g/mol. The summed E-state index contributed by atoms with van der Waals surface area (Å²) in [6, 6.07) is -3.17. The van der Waals surface area contributed by atoms with Crippen LogP contribution in [0.1, 0.15) is 39.0 Å². The van der Waals surface area contributed by atoms with Gasteiger partial charge in [-0.25, -0.2) is 0 Å². The Morgan fingerprint density at radius 1 is 1.05 bits per heavy atom. The predicted molar refractivity (Wildman–Crippen MR) is 157 cm³/mol. The van der Waals surface area contributed by atoms with Gasteiger partial charge in [-0.15, -0.1) is 0 Å². The molecule has 0 spiro atoms. The van der Waals surface area contributed by atoms with E-state index >= 15 is 0 Å². The van der Waals surface area contributed by atoms with Crippen molar-refractivity contribution in [1.29, 1.82) is 0 Å². The quantitative estimate of drug-likeness (QED) is 0.0702. The zero-order chi connectivity index (χ0) is 32.4. The average molecular weight is 636 g/mol. The molecule has 0 radical (unpaired) electrons. The molecule has 44 heavy (non-hydrogen) atoms. The highest BCUT2D eigenvalue weighted by atomic mass is 16.7. The minimum absolute atomic E-state index is 0.0583. The first-order chi connectivity index (χ1) is 20.7. The maximum Gasteiger partial charge on any atom is 0.185 e. The van der Waals surface area contributed by atoms with Crippen LogP contribution in [0.25, 0.3) is 0 Å². The number of likely N-dealkylation sites (N-methyl/N-ethyl adjacent to an activating group) is 1. The Kier molecular flexibility index (Phi) is 12.0. The van der Waals surface area contributed by atoms with Crippen molar-refractivity contribution < 1.29 is 49.6 Å². The Hall–Kier alpha value is -1.13. The van der Waals surface area contributed by atoms with Gasteiger partial charge in [0.05, 0.1) is 43.5 Å². The van der Waals surface area contributed by atoms with Gasteiger partial charge < -0.3 is 83.2 Å². The van der Waals surface area contributed by atoms with Gasteiger partial charge in [-0.05, 0) is 46.1 Å². The van der Waals surface area contributed by atoms with E-state index in [1.165, 1.54) is 6.92 Å². The molecule has 0 amide bonds. The predicted octanol–water partition coefficient (Wildman–Crippen LogP) is -5.74. The number of hydrogen-bond acceptors (Lipinski definition) is 16. The fraction of sp³-hybridized carbons (Fsp3) is 0.963. The molecule has 0 aromatic heterocycles. The molecule has 16 N–H and O–H groups in total. The van der Waals surface area contributed by atoms with Crippen molar-refractivity contribution >= 4 is 5.84 Å². The molecule has 4 aliphatic rings. The van der Waals surface area contributed by atoms with Crippen LogP contribution in [-0.4, -0.2) is 160 Å². The standard InChI is InChI=1S/C27H53N7O10/c1-26(39)11-41-24(19(38)22(26)32-2)44-21-17(34-25(31)27(40)6-12(28)7-27)5-16(30)20(18(21)37)43-23-15(29)4-3-14(42-23)9-33-8-13(36)10-35/h12-24,32-33,35-40H,3-11,28-30H2,1-2H3,(H2,31,34)/t12?,13?,14-,15?,16-,17+,18?,19?,20?,21?,22+,23+,24+,26?,27?/m0/s1. The van der Waals surface area contributed by atoms with Crippen LogP contribution < -0.4 is 33.6 Å². The van der Waals surface area contributed by atoms with Crippen molar-refractivity contribution in [2.75, 3.05) is 33.4 Å².